The van der Waals surface area contributed by atoms with Crippen LogP contribution in [0.5, 0.6) is 0 Å². The van der Waals surface area contributed by atoms with E-state index in [4.69, 9.17) is 0 Å². The summed E-state index contributed by atoms with van der Waals surface area (Å²) in [4.78, 5) is 0.504. The van der Waals surface area contributed by atoms with Crippen LogP contribution in [0.2, 0.25) is 0 Å². The Kier molecular flexibility index (Phi) is 11.4. The first kappa shape index (κ1) is 31.2. The molecule has 0 fully saturated rings. The van der Waals surface area contributed by atoms with Gasteiger partial charge in [0.05, 0.1) is 9.79 Å². The molecule has 2 N–H and O–H groups in total. The zero-order valence-electron chi connectivity index (χ0n) is 22.3. The van der Waals surface area contributed by atoms with Gasteiger partial charge >= 0.3 is 0 Å². The molecule has 4 atom stereocenters. The predicted octanol–water partition coefficient (Wildman–Crippen LogP) is 5.77. The lowest BCUT2D eigenvalue weighted by molar-refractivity contribution is 0.444. The smallest absolute Gasteiger partial charge is 0.207 e. The van der Waals surface area contributed by atoms with Gasteiger partial charge in [-0.1, -0.05) is 98.5 Å². The van der Waals surface area contributed by atoms with E-state index in [1.54, 1.807) is 70.1 Å². The summed E-state index contributed by atoms with van der Waals surface area (Å²) in [6, 6.07) is 13.1. The Bertz CT molecular complexity index is 1080. The molecule has 0 aliphatic carbocycles. The number of sulfonamides is 2. The molecule has 6 nitrogen and oxygen atoms in total. The second-order valence-corrected chi connectivity index (χ2v) is 16.5. The van der Waals surface area contributed by atoms with Crippen LogP contribution in [0.4, 0.5) is 0 Å². The summed E-state index contributed by atoms with van der Waals surface area (Å²) in [6.07, 6.45) is 0. The number of hydrogen-bond acceptors (Lipinski definition) is 6. The van der Waals surface area contributed by atoms with Crippen molar-refractivity contribution in [3.05, 3.63) is 59.7 Å². The fraction of sp³-hybridized carbons (Fsp3) is 0.538. The van der Waals surface area contributed by atoms with E-state index in [2.05, 4.69) is 9.44 Å². The molecule has 0 bridgehead atoms. The van der Waals surface area contributed by atoms with Crippen molar-refractivity contribution in [3.63, 3.8) is 0 Å². The van der Waals surface area contributed by atoms with Gasteiger partial charge in [0.2, 0.25) is 20.0 Å². The van der Waals surface area contributed by atoms with Crippen molar-refractivity contribution >= 4 is 41.6 Å². The summed E-state index contributed by atoms with van der Waals surface area (Å²) in [6.45, 7) is 15.9. The minimum absolute atomic E-state index is 0.0424. The standard InChI is InChI=1S/C26H40N2O4S4/c1-17(2)25(27-35(29,30)23-13-9-19(5)10-14-23)21(7)33-34-22(8)26(18(3)4)28-36(31,32)24-15-11-20(6)12-16-24/h9-18,21-22,25-28H,1-8H3/t21-,22-,25-,26-/m1/s1. The molecule has 0 aliphatic rings. The lowest BCUT2D eigenvalue weighted by Crippen LogP contribution is -2.45. The predicted molar refractivity (Wildman–Crippen MR) is 154 cm³/mol. The van der Waals surface area contributed by atoms with Crippen LogP contribution in [0.1, 0.15) is 52.7 Å². The van der Waals surface area contributed by atoms with Crippen molar-refractivity contribution in [1.29, 1.82) is 0 Å². The van der Waals surface area contributed by atoms with Crippen LogP contribution in [0, 0.1) is 25.7 Å². The highest BCUT2D eigenvalue weighted by Crippen LogP contribution is 2.37. The van der Waals surface area contributed by atoms with Gasteiger partial charge in [0, 0.05) is 22.6 Å². The molecule has 0 radical (unpaired) electrons. The molecule has 0 unspecified atom stereocenters. The Balaban J connectivity index is 2.09. The molecular formula is C26H40N2O4S4. The van der Waals surface area contributed by atoms with E-state index in [9.17, 15) is 16.8 Å². The van der Waals surface area contributed by atoms with Crippen LogP contribution in [-0.4, -0.2) is 39.4 Å². The highest BCUT2D eigenvalue weighted by atomic mass is 33.1. The van der Waals surface area contributed by atoms with Gasteiger partial charge < -0.3 is 0 Å². The summed E-state index contributed by atoms with van der Waals surface area (Å²) >= 11 is 0. The number of benzene rings is 2. The van der Waals surface area contributed by atoms with Crippen LogP contribution >= 0.6 is 21.6 Å². The van der Waals surface area contributed by atoms with Gasteiger partial charge in [-0.25, -0.2) is 26.3 Å². The Hall–Kier alpha value is -1.04. The maximum atomic E-state index is 13.0. The summed E-state index contributed by atoms with van der Waals surface area (Å²) < 4.78 is 57.8. The average molecular weight is 573 g/mol. The van der Waals surface area contributed by atoms with E-state index in [1.165, 1.54) is 0 Å². The quantitative estimate of drug-likeness (QED) is 0.296. The van der Waals surface area contributed by atoms with Crippen LogP contribution in [0.15, 0.2) is 58.3 Å². The maximum absolute atomic E-state index is 13.0. The minimum atomic E-state index is -3.66. The molecule has 2 rings (SSSR count). The zero-order valence-corrected chi connectivity index (χ0v) is 25.6. The van der Waals surface area contributed by atoms with E-state index in [0.717, 1.165) is 11.1 Å². The van der Waals surface area contributed by atoms with Crippen molar-refractivity contribution in [2.24, 2.45) is 11.8 Å². The first-order valence-corrected chi connectivity index (χ1v) is 17.4. The van der Waals surface area contributed by atoms with E-state index >= 15 is 0 Å². The van der Waals surface area contributed by atoms with Crippen LogP contribution < -0.4 is 9.44 Å². The van der Waals surface area contributed by atoms with Crippen LogP contribution in [0.25, 0.3) is 0 Å². The van der Waals surface area contributed by atoms with Gasteiger partial charge in [0.15, 0.2) is 0 Å². The molecule has 10 heteroatoms. The lowest BCUT2D eigenvalue weighted by Gasteiger charge is -2.31. The topological polar surface area (TPSA) is 92.3 Å². The molecule has 0 aliphatic heterocycles. The van der Waals surface area contributed by atoms with Crippen molar-refractivity contribution in [2.75, 3.05) is 0 Å². The molecular weight excluding hydrogens is 533 g/mol. The minimum Gasteiger partial charge on any atom is -0.207 e. The molecule has 2 aromatic carbocycles. The fourth-order valence-electron chi connectivity index (χ4n) is 3.77. The Morgan fingerprint density at radius 2 is 0.833 bits per heavy atom. The molecule has 202 valence electrons. The van der Waals surface area contributed by atoms with E-state index in [1.807, 2.05) is 55.4 Å². The number of aryl methyl sites for hydroxylation is 2. The monoisotopic (exact) mass is 572 g/mol. The van der Waals surface area contributed by atoms with Crippen molar-refractivity contribution in [2.45, 2.75) is 87.8 Å². The molecule has 2 aromatic rings. The molecule has 0 saturated carbocycles. The van der Waals surface area contributed by atoms with Gasteiger partial charge in [-0.05, 0) is 49.9 Å². The SMILES string of the molecule is Cc1ccc(S(=O)(=O)N[C@H](C(C)C)[C@@H](C)SS[C@H](C)[C@H](NS(=O)(=O)c2ccc(C)cc2)C(C)C)cc1. The Morgan fingerprint density at radius 3 is 1.08 bits per heavy atom. The molecule has 0 amide bonds. The average Bonchev–Trinajstić information content (AvgIpc) is 2.79. The van der Waals surface area contributed by atoms with Gasteiger partial charge in [0.25, 0.3) is 0 Å². The van der Waals surface area contributed by atoms with Crippen LogP contribution in [-0.2, 0) is 20.0 Å². The largest absolute Gasteiger partial charge is 0.240 e. The van der Waals surface area contributed by atoms with Gasteiger partial charge in [-0.3, -0.25) is 0 Å². The summed E-state index contributed by atoms with van der Waals surface area (Å²) in [7, 11) is -4.15. The van der Waals surface area contributed by atoms with E-state index in [-0.39, 0.29) is 44.2 Å². The fourth-order valence-corrected chi connectivity index (χ4v) is 10.00. The zero-order chi connectivity index (χ0) is 27.3. The van der Waals surface area contributed by atoms with Crippen molar-refractivity contribution < 1.29 is 16.8 Å². The summed E-state index contributed by atoms with van der Waals surface area (Å²) in [5.41, 5.74) is 2.00. The second-order valence-electron chi connectivity index (χ2n) is 10.0. The molecule has 0 spiro atoms. The second kappa shape index (κ2) is 13.2. The normalized spacial score (nSPS) is 16.2. The number of nitrogens with one attached hydrogen (secondary N) is 2. The summed E-state index contributed by atoms with van der Waals surface area (Å²) in [5.74, 6) is 0.147. The maximum Gasteiger partial charge on any atom is 0.240 e. The first-order valence-electron chi connectivity index (χ1n) is 12.1. The van der Waals surface area contributed by atoms with E-state index < -0.39 is 20.0 Å². The number of hydrogen-bond donors (Lipinski definition) is 2. The Labute approximate surface area is 226 Å². The molecule has 0 heterocycles. The first-order chi connectivity index (χ1) is 16.6. The highest BCUT2D eigenvalue weighted by molar-refractivity contribution is 8.77. The van der Waals surface area contributed by atoms with Gasteiger partial charge in [-0.2, -0.15) is 0 Å². The van der Waals surface area contributed by atoms with E-state index in [0.29, 0.717) is 0 Å². The molecule has 0 aromatic heterocycles. The summed E-state index contributed by atoms with van der Waals surface area (Å²) in [5, 5.41) is -0.0848. The Morgan fingerprint density at radius 1 is 0.556 bits per heavy atom. The van der Waals surface area contributed by atoms with Crippen molar-refractivity contribution in [3.8, 4) is 0 Å². The third kappa shape index (κ3) is 8.77. The number of rotatable bonds is 13. The molecule has 0 saturated heterocycles. The third-order valence-corrected chi connectivity index (χ3v) is 12.5. The van der Waals surface area contributed by atoms with Gasteiger partial charge in [0.1, 0.15) is 0 Å². The highest BCUT2D eigenvalue weighted by Gasteiger charge is 2.31. The molecule has 36 heavy (non-hydrogen) atoms. The third-order valence-electron chi connectivity index (χ3n) is 6.05. The van der Waals surface area contributed by atoms with Crippen molar-refractivity contribution in [1.82, 2.24) is 9.44 Å². The van der Waals surface area contributed by atoms with Crippen LogP contribution in [0.3, 0.4) is 0 Å². The van der Waals surface area contributed by atoms with Gasteiger partial charge in [-0.15, -0.1) is 0 Å². The lowest BCUT2D eigenvalue weighted by atomic mass is 10.0.